The molecule has 0 bridgehead atoms. The van der Waals surface area contributed by atoms with Crippen molar-refractivity contribution >= 4 is 22.1 Å². The van der Waals surface area contributed by atoms with E-state index < -0.39 is 0 Å². The second-order valence-corrected chi connectivity index (χ2v) is 12.0. The molecule has 0 spiro atoms. The van der Waals surface area contributed by atoms with Crippen molar-refractivity contribution in [3.05, 3.63) is 138 Å². The van der Waals surface area contributed by atoms with Crippen molar-refractivity contribution in [3.63, 3.8) is 0 Å². The first-order valence-electron chi connectivity index (χ1n) is 15.5. The molecule has 0 aliphatic carbocycles. The number of pyridine rings is 3. The number of hydrogen-bond acceptors (Lipinski definition) is 4. The molecule has 233 valence electrons. The zero-order chi connectivity index (χ0) is 31.5. The van der Waals surface area contributed by atoms with Crippen molar-refractivity contribution in [3.8, 4) is 33.8 Å². The van der Waals surface area contributed by atoms with Crippen molar-refractivity contribution in [2.45, 2.75) is 53.4 Å². The van der Waals surface area contributed by atoms with Gasteiger partial charge in [0.15, 0.2) is 0 Å². The molecular weight excluding hydrogens is 743 g/mol. The standard InChI is InChI=1S/C30H29N2O.C11H8N.Ir/c1-17(2)21-9-7-10-22(18(3)4)28(21)26-14-13-24-23-11-8-12-25(29(23)33-30(24)32-26)27-16-19(5)15-20(6)31-27;1-2-6-10(7-3-1)11-8-4-5-9-12-11;/h7-11,13-18H,1-6H3;1-6,8-9H;/q2*-1;. The number of benzene rings is 3. The van der Waals surface area contributed by atoms with Gasteiger partial charge in [-0.05, 0) is 72.5 Å². The van der Waals surface area contributed by atoms with Crippen LogP contribution < -0.4 is 0 Å². The van der Waals surface area contributed by atoms with E-state index in [1.807, 2.05) is 55.5 Å². The third-order valence-corrected chi connectivity index (χ3v) is 7.93. The smallest absolute Gasteiger partial charge is 0.216 e. The largest absolute Gasteiger partial charge is 0.486 e. The van der Waals surface area contributed by atoms with E-state index in [4.69, 9.17) is 14.4 Å². The minimum Gasteiger partial charge on any atom is -0.486 e. The molecule has 0 aliphatic heterocycles. The average Bonchev–Trinajstić information content (AvgIpc) is 3.43. The zero-order valence-electron chi connectivity index (χ0n) is 27.1. The molecule has 46 heavy (non-hydrogen) atoms. The molecule has 4 nitrogen and oxygen atoms in total. The van der Waals surface area contributed by atoms with Gasteiger partial charge in [0.1, 0.15) is 0 Å². The van der Waals surface area contributed by atoms with Crippen molar-refractivity contribution in [1.29, 1.82) is 0 Å². The number of rotatable bonds is 5. The Bertz CT molecular complexity index is 2000. The maximum Gasteiger partial charge on any atom is 0.216 e. The van der Waals surface area contributed by atoms with E-state index in [1.54, 1.807) is 6.20 Å². The van der Waals surface area contributed by atoms with Gasteiger partial charge in [-0.25, -0.2) is 4.98 Å². The second-order valence-electron chi connectivity index (χ2n) is 12.0. The minimum atomic E-state index is 0. The van der Waals surface area contributed by atoms with E-state index in [0.717, 1.165) is 50.3 Å². The fourth-order valence-corrected chi connectivity index (χ4v) is 5.84. The van der Waals surface area contributed by atoms with Crippen LogP contribution in [0.5, 0.6) is 0 Å². The Morgan fingerprint density at radius 3 is 2.07 bits per heavy atom. The summed E-state index contributed by atoms with van der Waals surface area (Å²) in [6.45, 7) is 13.1. The summed E-state index contributed by atoms with van der Waals surface area (Å²) in [7, 11) is 0. The summed E-state index contributed by atoms with van der Waals surface area (Å²) in [4.78, 5) is 14.0. The first-order valence-corrected chi connectivity index (χ1v) is 15.5. The van der Waals surface area contributed by atoms with E-state index >= 15 is 0 Å². The topological polar surface area (TPSA) is 51.8 Å². The molecule has 0 fully saturated rings. The van der Waals surface area contributed by atoms with Gasteiger partial charge in [0.2, 0.25) is 5.71 Å². The Morgan fingerprint density at radius 2 is 1.41 bits per heavy atom. The summed E-state index contributed by atoms with van der Waals surface area (Å²) in [6.07, 6.45) is 1.79. The third-order valence-electron chi connectivity index (χ3n) is 7.93. The summed E-state index contributed by atoms with van der Waals surface area (Å²) in [6, 6.07) is 39.2. The van der Waals surface area contributed by atoms with E-state index in [0.29, 0.717) is 17.5 Å². The summed E-state index contributed by atoms with van der Waals surface area (Å²) in [5, 5.41) is 2.06. The molecule has 0 aliphatic rings. The fraction of sp³-hybridized carbons (Fsp3) is 0.195. The van der Waals surface area contributed by atoms with Gasteiger partial charge >= 0.3 is 0 Å². The first-order chi connectivity index (χ1) is 21.8. The van der Waals surface area contributed by atoms with E-state index in [9.17, 15) is 0 Å². The third kappa shape index (κ3) is 6.87. The van der Waals surface area contributed by atoms with Crippen LogP contribution >= 0.6 is 0 Å². The number of hydrogen-bond donors (Lipinski definition) is 0. The molecule has 0 amide bonds. The Kier molecular flexibility index (Phi) is 10.3. The Morgan fingerprint density at radius 1 is 0.652 bits per heavy atom. The van der Waals surface area contributed by atoms with Crippen LogP contribution in [0.1, 0.15) is 61.9 Å². The summed E-state index contributed by atoms with van der Waals surface area (Å²) in [5.74, 6) is 0.812. The van der Waals surface area contributed by atoms with Crippen LogP contribution in [0.3, 0.4) is 0 Å². The predicted octanol–water partition coefficient (Wildman–Crippen LogP) is 10.9. The number of furan rings is 1. The molecular formula is C41H37IrN3O-2. The molecule has 3 aromatic carbocycles. The number of nitrogens with zero attached hydrogens (tertiary/aromatic N) is 3. The number of aryl methyl sites for hydroxylation is 2. The Balaban J connectivity index is 0.000000269. The molecule has 0 unspecified atom stereocenters. The predicted molar refractivity (Wildman–Crippen MR) is 185 cm³/mol. The first kappa shape index (κ1) is 32.9. The molecule has 5 heteroatoms. The fourth-order valence-electron chi connectivity index (χ4n) is 5.84. The van der Waals surface area contributed by atoms with Crippen LogP contribution in [0.4, 0.5) is 0 Å². The van der Waals surface area contributed by atoms with Crippen molar-refractivity contribution < 1.29 is 24.5 Å². The normalized spacial score (nSPS) is 11.0. The van der Waals surface area contributed by atoms with Gasteiger partial charge < -0.3 is 14.4 Å². The van der Waals surface area contributed by atoms with Crippen molar-refractivity contribution in [2.75, 3.05) is 0 Å². The molecule has 7 rings (SSSR count). The van der Waals surface area contributed by atoms with Crippen LogP contribution in [0.25, 0.3) is 55.8 Å². The summed E-state index contributed by atoms with van der Waals surface area (Å²) in [5.41, 5.74) is 12.2. The van der Waals surface area contributed by atoms with Gasteiger partial charge in [0.05, 0.1) is 11.3 Å². The van der Waals surface area contributed by atoms with Crippen molar-refractivity contribution in [1.82, 2.24) is 15.0 Å². The second kappa shape index (κ2) is 14.3. The maximum absolute atomic E-state index is 6.40. The molecule has 0 saturated heterocycles. The zero-order valence-corrected chi connectivity index (χ0v) is 29.4. The molecule has 0 N–H and O–H groups in total. The van der Waals surface area contributed by atoms with Gasteiger partial charge in [0, 0.05) is 42.9 Å². The minimum absolute atomic E-state index is 0. The van der Waals surface area contributed by atoms with Crippen LogP contribution in [0, 0.1) is 26.0 Å². The van der Waals surface area contributed by atoms with Crippen LogP contribution in [0.2, 0.25) is 0 Å². The Hall–Kier alpha value is -4.44. The molecule has 0 atom stereocenters. The average molecular weight is 780 g/mol. The van der Waals surface area contributed by atoms with E-state index in [1.165, 1.54) is 22.3 Å². The quantitative estimate of drug-likeness (QED) is 0.163. The monoisotopic (exact) mass is 780 g/mol. The van der Waals surface area contributed by atoms with Gasteiger partial charge in [-0.2, -0.15) is 0 Å². The summed E-state index contributed by atoms with van der Waals surface area (Å²) >= 11 is 0. The summed E-state index contributed by atoms with van der Waals surface area (Å²) < 4.78 is 6.40. The van der Waals surface area contributed by atoms with Gasteiger partial charge in [0.25, 0.3) is 0 Å². The Labute approximate surface area is 285 Å². The number of aromatic nitrogens is 3. The van der Waals surface area contributed by atoms with Crippen LogP contribution in [0.15, 0.2) is 108 Å². The molecule has 0 saturated carbocycles. The van der Waals surface area contributed by atoms with Crippen LogP contribution in [-0.2, 0) is 20.1 Å². The maximum atomic E-state index is 6.40. The molecule has 1 radical (unpaired) electrons. The van der Waals surface area contributed by atoms with Gasteiger partial charge in [-0.15, -0.1) is 54.1 Å². The number of fused-ring (bicyclic) bond motifs is 3. The van der Waals surface area contributed by atoms with Gasteiger partial charge in [-0.3, -0.25) is 0 Å². The molecule has 7 aromatic rings. The molecule has 4 aromatic heterocycles. The van der Waals surface area contributed by atoms with E-state index in [-0.39, 0.29) is 20.1 Å². The molecule has 4 heterocycles. The van der Waals surface area contributed by atoms with E-state index in [2.05, 4.69) is 100 Å². The van der Waals surface area contributed by atoms with Crippen LogP contribution in [-0.4, -0.2) is 15.0 Å². The SMILES string of the molecule is Cc1cc(C)nc(-c2[c-]ccc3c2oc2nc(-c4c(C(C)C)cccc4C(C)C)ccc23)c1.[Ir].[c-]1ccccc1-c1ccccn1. The van der Waals surface area contributed by atoms with Crippen molar-refractivity contribution in [2.24, 2.45) is 0 Å². The van der Waals surface area contributed by atoms with Gasteiger partial charge in [-0.1, -0.05) is 80.6 Å².